The van der Waals surface area contributed by atoms with Crippen LogP contribution in [0.5, 0.6) is 0 Å². The van der Waals surface area contributed by atoms with Gasteiger partial charge in [0.25, 0.3) is 0 Å². The van der Waals surface area contributed by atoms with Crippen LogP contribution in [0.2, 0.25) is 0 Å². The predicted octanol–water partition coefficient (Wildman–Crippen LogP) is 2.32. The molecule has 0 aromatic rings. The summed E-state index contributed by atoms with van der Waals surface area (Å²) in [5.41, 5.74) is 1.62. The van der Waals surface area contributed by atoms with Gasteiger partial charge in [-0.1, -0.05) is 18.6 Å². The van der Waals surface area contributed by atoms with E-state index in [1.807, 2.05) is 0 Å². The molecule has 0 amide bonds. The van der Waals surface area contributed by atoms with Gasteiger partial charge in [0.05, 0.1) is 0 Å². The number of rotatable bonds is 8. The molecule has 2 N–H and O–H groups in total. The second-order valence-corrected chi connectivity index (χ2v) is 7.71. The molecular formula is C20H39N5. The molecule has 1 aliphatic carbocycles. The Balaban J connectivity index is 1.69. The topological polar surface area (TPSA) is 42.9 Å². The minimum atomic E-state index is 0.597. The maximum Gasteiger partial charge on any atom is 0.191 e. The fourth-order valence-electron chi connectivity index (χ4n) is 3.59. The van der Waals surface area contributed by atoms with Gasteiger partial charge < -0.3 is 20.4 Å². The van der Waals surface area contributed by atoms with Crippen LogP contribution >= 0.6 is 0 Å². The average Bonchev–Trinajstić information content (AvgIpc) is 2.62. The van der Waals surface area contributed by atoms with Crippen LogP contribution in [-0.2, 0) is 0 Å². The summed E-state index contributed by atoms with van der Waals surface area (Å²) in [6.07, 6.45) is 8.88. The van der Waals surface area contributed by atoms with Crippen LogP contribution in [0.25, 0.3) is 0 Å². The quantitative estimate of drug-likeness (QED) is 0.401. The summed E-state index contributed by atoms with van der Waals surface area (Å²) < 4.78 is 0. The fourth-order valence-corrected chi connectivity index (χ4v) is 3.59. The summed E-state index contributed by atoms with van der Waals surface area (Å²) in [6.45, 7) is 13.2. The minimum absolute atomic E-state index is 0.597. The number of nitrogens with zero attached hydrogens (tertiary/aromatic N) is 3. The van der Waals surface area contributed by atoms with Crippen molar-refractivity contribution < 1.29 is 0 Å². The Labute approximate surface area is 154 Å². The van der Waals surface area contributed by atoms with Crippen molar-refractivity contribution in [3.63, 3.8) is 0 Å². The van der Waals surface area contributed by atoms with E-state index in [1.165, 1.54) is 51.9 Å². The maximum absolute atomic E-state index is 4.81. The molecule has 1 aliphatic heterocycles. The first-order valence-corrected chi connectivity index (χ1v) is 10.3. The Hall–Kier alpha value is -1.07. The molecule has 1 heterocycles. The van der Waals surface area contributed by atoms with Gasteiger partial charge in [-0.3, -0.25) is 4.99 Å². The zero-order valence-electron chi connectivity index (χ0n) is 16.7. The van der Waals surface area contributed by atoms with Crippen molar-refractivity contribution in [2.24, 2.45) is 10.9 Å². The highest BCUT2D eigenvalue weighted by Crippen LogP contribution is 2.19. The highest BCUT2D eigenvalue weighted by atomic mass is 15.2. The zero-order chi connectivity index (χ0) is 17.9. The van der Waals surface area contributed by atoms with Gasteiger partial charge in [-0.25, -0.2) is 0 Å². The van der Waals surface area contributed by atoms with Crippen LogP contribution in [0.15, 0.2) is 16.6 Å². The van der Waals surface area contributed by atoms with Gasteiger partial charge >= 0.3 is 0 Å². The van der Waals surface area contributed by atoms with E-state index >= 15 is 0 Å². The standard InChI is InChI=1S/C20H39N5/c1-4-21-20(22-11-10-19-8-6-5-7-9-19)23-16-18(2)17-25-14-12-24(3)13-15-25/h8,18H,4-7,9-17H2,1-3H3,(H2,21,22,23). The third-order valence-electron chi connectivity index (χ3n) is 5.19. The molecule has 2 rings (SSSR count). The fraction of sp³-hybridized carbons (Fsp3) is 0.850. The van der Waals surface area contributed by atoms with E-state index < -0.39 is 0 Å². The summed E-state index contributed by atoms with van der Waals surface area (Å²) in [5.74, 6) is 1.57. The molecule has 0 spiro atoms. The van der Waals surface area contributed by atoms with Gasteiger partial charge in [0, 0.05) is 52.4 Å². The van der Waals surface area contributed by atoms with Gasteiger partial charge in [0.2, 0.25) is 0 Å². The van der Waals surface area contributed by atoms with E-state index in [-0.39, 0.29) is 0 Å². The average molecular weight is 350 g/mol. The predicted molar refractivity (Wildman–Crippen MR) is 108 cm³/mol. The number of nitrogens with one attached hydrogen (secondary N) is 2. The molecular weight excluding hydrogens is 310 g/mol. The molecule has 0 saturated carbocycles. The van der Waals surface area contributed by atoms with Crippen LogP contribution in [-0.4, -0.2) is 75.2 Å². The van der Waals surface area contributed by atoms with E-state index in [2.05, 4.69) is 47.4 Å². The van der Waals surface area contributed by atoms with Crippen molar-refractivity contribution in [2.75, 3.05) is 59.4 Å². The number of aliphatic imine (C=N–C) groups is 1. The van der Waals surface area contributed by atoms with Gasteiger partial charge in [-0.2, -0.15) is 0 Å². The maximum atomic E-state index is 4.81. The molecule has 0 bridgehead atoms. The summed E-state index contributed by atoms with van der Waals surface area (Å²) in [4.78, 5) is 9.80. The highest BCUT2D eigenvalue weighted by molar-refractivity contribution is 5.79. The molecule has 0 aromatic carbocycles. The lowest BCUT2D eigenvalue weighted by Gasteiger charge is -2.33. The number of piperazine rings is 1. The van der Waals surface area contributed by atoms with Crippen molar-refractivity contribution in [3.05, 3.63) is 11.6 Å². The van der Waals surface area contributed by atoms with Crippen molar-refractivity contribution in [1.82, 2.24) is 20.4 Å². The third kappa shape index (κ3) is 8.23. The molecule has 144 valence electrons. The number of guanidine groups is 1. The van der Waals surface area contributed by atoms with E-state index in [0.717, 1.165) is 38.6 Å². The molecule has 2 aliphatic rings. The van der Waals surface area contributed by atoms with Crippen LogP contribution < -0.4 is 10.6 Å². The van der Waals surface area contributed by atoms with Crippen LogP contribution in [0.4, 0.5) is 0 Å². The van der Waals surface area contributed by atoms with Crippen LogP contribution in [0.3, 0.4) is 0 Å². The lowest BCUT2D eigenvalue weighted by Crippen LogP contribution is -2.46. The lowest BCUT2D eigenvalue weighted by atomic mass is 9.97. The Morgan fingerprint density at radius 1 is 1.20 bits per heavy atom. The van der Waals surface area contributed by atoms with E-state index in [9.17, 15) is 0 Å². The first kappa shape index (κ1) is 20.2. The van der Waals surface area contributed by atoms with Crippen molar-refractivity contribution in [2.45, 2.75) is 46.0 Å². The van der Waals surface area contributed by atoms with Crippen molar-refractivity contribution >= 4 is 5.96 Å². The normalized spacial score (nSPS) is 21.7. The zero-order valence-corrected chi connectivity index (χ0v) is 16.7. The summed E-state index contributed by atoms with van der Waals surface area (Å²) >= 11 is 0. The highest BCUT2D eigenvalue weighted by Gasteiger charge is 2.16. The monoisotopic (exact) mass is 349 g/mol. The van der Waals surface area contributed by atoms with E-state index in [0.29, 0.717) is 5.92 Å². The summed E-state index contributed by atoms with van der Waals surface area (Å²) in [7, 11) is 2.21. The molecule has 25 heavy (non-hydrogen) atoms. The number of hydrogen-bond acceptors (Lipinski definition) is 3. The SMILES string of the molecule is CCNC(=NCC(C)CN1CCN(C)CC1)NCCC1=CCCCC1. The van der Waals surface area contributed by atoms with Crippen LogP contribution in [0, 0.1) is 5.92 Å². The van der Waals surface area contributed by atoms with Gasteiger partial charge in [0.1, 0.15) is 0 Å². The largest absolute Gasteiger partial charge is 0.357 e. The smallest absolute Gasteiger partial charge is 0.191 e. The van der Waals surface area contributed by atoms with Crippen molar-refractivity contribution in [1.29, 1.82) is 0 Å². The second-order valence-electron chi connectivity index (χ2n) is 7.71. The molecule has 1 atom stereocenters. The Kier molecular flexibility index (Phi) is 9.33. The number of allylic oxidation sites excluding steroid dienone is 1. The molecule has 1 saturated heterocycles. The van der Waals surface area contributed by atoms with Gasteiger partial charge in [0.15, 0.2) is 5.96 Å². The van der Waals surface area contributed by atoms with Gasteiger partial charge in [-0.15, -0.1) is 0 Å². The molecule has 0 radical (unpaired) electrons. The van der Waals surface area contributed by atoms with Gasteiger partial charge in [-0.05, 0) is 52.0 Å². The summed E-state index contributed by atoms with van der Waals surface area (Å²) in [5, 5.41) is 6.89. The second kappa shape index (κ2) is 11.5. The van der Waals surface area contributed by atoms with E-state index in [4.69, 9.17) is 4.99 Å². The van der Waals surface area contributed by atoms with E-state index in [1.54, 1.807) is 5.57 Å². The van der Waals surface area contributed by atoms with Crippen LogP contribution in [0.1, 0.15) is 46.0 Å². The molecule has 0 aromatic heterocycles. The number of hydrogen-bond donors (Lipinski definition) is 2. The number of likely N-dealkylation sites (N-methyl/N-ethyl adjacent to an activating group) is 1. The summed E-state index contributed by atoms with van der Waals surface area (Å²) in [6, 6.07) is 0. The third-order valence-corrected chi connectivity index (χ3v) is 5.19. The Bertz CT molecular complexity index is 424. The molecule has 1 fully saturated rings. The molecule has 5 heteroatoms. The first-order chi connectivity index (χ1) is 12.2. The lowest BCUT2D eigenvalue weighted by molar-refractivity contribution is 0.140. The Morgan fingerprint density at radius 3 is 2.68 bits per heavy atom. The Morgan fingerprint density at radius 2 is 2.00 bits per heavy atom. The molecule has 1 unspecified atom stereocenters. The minimum Gasteiger partial charge on any atom is -0.357 e. The first-order valence-electron chi connectivity index (χ1n) is 10.3. The molecule has 5 nitrogen and oxygen atoms in total. The van der Waals surface area contributed by atoms with Crippen molar-refractivity contribution in [3.8, 4) is 0 Å².